The van der Waals surface area contributed by atoms with Crippen molar-refractivity contribution in [3.05, 3.63) is 65.7 Å². The van der Waals surface area contributed by atoms with Crippen LogP contribution in [0.2, 0.25) is 0 Å². The molecular weight excluding hydrogens is 282 g/mol. The average Bonchev–Trinajstić information content (AvgIpc) is 2.86. The summed E-state index contributed by atoms with van der Waals surface area (Å²) in [5, 5.41) is 0. The normalized spacial score (nSPS) is 16.0. The molecule has 1 fully saturated rings. The van der Waals surface area contributed by atoms with E-state index < -0.39 is 0 Å². The third kappa shape index (κ3) is 5.08. The number of hydrogen-bond acceptors (Lipinski definition) is 3. The molecule has 0 amide bonds. The first kappa shape index (κ1) is 16.0. The topological polar surface area (TPSA) is 27.3 Å². The van der Waals surface area contributed by atoms with Crippen LogP contribution in [0.25, 0.3) is 0 Å². The van der Waals surface area contributed by atoms with Gasteiger partial charge in [0.2, 0.25) is 0 Å². The van der Waals surface area contributed by atoms with Crippen molar-refractivity contribution in [2.75, 3.05) is 18.5 Å². The van der Waals surface area contributed by atoms with Crippen molar-refractivity contribution in [3.63, 3.8) is 0 Å². The molecule has 0 spiro atoms. The monoisotopic (exact) mass is 309 g/mol. The second kappa shape index (κ2) is 8.70. The minimum absolute atomic E-state index is 0.832. The summed E-state index contributed by atoms with van der Waals surface area (Å²) in [6, 6.07) is 19.0. The zero-order valence-corrected chi connectivity index (χ0v) is 13.8. The molecule has 122 valence electrons. The summed E-state index contributed by atoms with van der Waals surface area (Å²) < 4.78 is 0. The van der Waals surface area contributed by atoms with E-state index in [0.717, 1.165) is 18.8 Å². The summed E-state index contributed by atoms with van der Waals surface area (Å²) in [5.74, 6) is 0. The number of nitrogens with zero attached hydrogens (tertiary/aromatic N) is 1. The van der Waals surface area contributed by atoms with E-state index >= 15 is 0 Å². The lowest BCUT2D eigenvalue weighted by molar-refractivity contribution is 0.276. The van der Waals surface area contributed by atoms with Crippen molar-refractivity contribution in [2.24, 2.45) is 0 Å². The van der Waals surface area contributed by atoms with Gasteiger partial charge in [-0.25, -0.2) is 5.43 Å². The maximum Gasteiger partial charge on any atom is 0.0487 e. The molecule has 1 heterocycles. The van der Waals surface area contributed by atoms with Crippen LogP contribution in [0.5, 0.6) is 0 Å². The maximum absolute atomic E-state index is 3.34. The first-order valence-corrected chi connectivity index (χ1v) is 8.75. The van der Waals surface area contributed by atoms with E-state index in [1.54, 1.807) is 0 Å². The standard InChI is InChI=1S/C20H27N3/c1-2-9-15-23(14-8-1)17-19-11-7-6-10-18(19)16-21-22-20-12-4-3-5-13-20/h3-7,10-13,21-22H,1-2,8-9,14-17H2. The highest BCUT2D eigenvalue weighted by atomic mass is 15.3. The van der Waals surface area contributed by atoms with E-state index in [1.165, 1.54) is 49.9 Å². The van der Waals surface area contributed by atoms with Gasteiger partial charge in [-0.05, 0) is 49.2 Å². The Hall–Kier alpha value is -1.84. The number of para-hydroxylation sites is 1. The summed E-state index contributed by atoms with van der Waals surface area (Å²) in [5.41, 5.74) is 10.5. The molecule has 0 saturated carbocycles. The second-order valence-electron chi connectivity index (χ2n) is 6.30. The van der Waals surface area contributed by atoms with Crippen LogP contribution in [0.4, 0.5) is 5.69 Å². The molecule has 0 unspecified atom stereocenters. The van der Waals surface area contributed by atoms with Gasteiger partial charge in [0.1, 0.15) is 0 Å². The van der Waals surface area contributed by atoms with Gasteiger partial charge in [-0.2, -0.15) is 0 Å². The summed E-state index contributed by atoms with van der Waals surface area (Å²) in [4.78, 5) is 2.61. The first-order valence-electron chi connectivity index (χ1n) is 8.75. The second-order valence-corrected chi connectivity index (χ2v) is 6.30. The Morgan fingerprint density at radius 1 is 0.739 bits per heavy atom. The molecule has 1 aliphatic rings. The van der Waals surface area contributed by atoms with Gasteiger partial charge in [0.05, 0.1) is 0 Å². The van der Waals surface area contributed by atoms with Crippen LogP contribution in [0.1, 0.15) is 36.8 Å². The Kier molecular flexibility index (Phi) is 6.07. The number of benzene rings is 2. The van der Waals surface area contributed by atoms with Crippen LogP contribution < -0.4 is 10.9 Å². The Morgan fingerprint density at radius 2 is 1.39 bits per heavy atom. The molecule has 0 radical (unpaired) electrons. The van der Waals surface area contributed by atoms with Gasteiger partial charge in [-0.1, -0.05) is 55.3 Å². The van der Waals surface area contributed by atoms with Gasteiger partial charge < -0.3 is 5.43 Å². The average molecular weight is 309 g/mol. The fourth-order valence-corrected chi connectivity index (χ4v) is 3.18. The molecule has 0 aromatic heterocycles. The molecule has 3 rings (SSSR count). The van der Waals surface area contributed by atoms with Crippen molar-refractivity contribution < 1.29 is 0 Å². The number of rotatable bonds is 6. The smallest absolute Gasteiger partial charge is 0.0487 e. The highest BCUT2D eigenvalue weighted by molar-refractivity contribution is 5.41. The van der Waals surface area contributed by atoms with E-state index in [1.807, 2.05) is 18.2 Å². The molecule has 0 atom stereocenters. The fraction of sp³-hybridized carbons (Fsp3) is 0.400. The predicted octanol–water partition coefficient (Wildman–Crippen LogP) is 4.18. The summed E-state index contributed by atoms with van der Waals surface area (Å²) in [6.07, 6.45) is 5.47. The van der Waals surface area contributed by atoms with Gasteiger partial charge in [0.15, 0.2) is 0 Å². The Balaban J connectivity index is 1.56. The maximum atomic E-state index is 3.34. The highest BCUT2D eigenvalue weighted by Crippen LogP contribution is 2.16. The highest BCUT2D eigenvalue weighted by Gasteiger charge is 2.11. The number of anilines is 1. The Bertz CT molecular complexity index is 574. The van der Waals surface area contributed by atoms with Crippen LogP contribution in [-0.4, -0.2) is 18.0 Å². The van der Waals surface area contributed by atoms with Gasteiger partial charge in [0.25, 0.3) is 0 Å². The van der Waals surface area contributed by atoms with Crippen LogP contribution >= 0.6 is 0 Å². The Labute approximate surface area is 139 Å². The van der Waals surface area contributed by atoms with Gasteiger partial charge in [-0.15, -0.1) is 0 Å². The fourth-order valence-electron chi connectivity index (χ4n) is 3.18. The molecule has 0 aliphatic carbocycles. The van der Waals surface area contributed by atoms with E-state index in [9.17, 15) is 0 Å². The van der Waals surface area contributed by atoms with Crippen molar-refractivity contribution in [1.29, 1.82) is 0 Å². The lowest BCUT2D eigenvalue weighted by Crippen LogP contribution is -2.26. The van der Waals surface area contributed by atoms with Crippen molar-refractivity contribution in [1.82, 2.24) is 10.3 Å². The minimum Gasteiger partial charge on any atom is -0.321 e. The molecular formula is C20H27N3. The number of nitrogens with one attached hydrogen (secondary N) is 2. The van der Waals surface area contributed by atoms with E-state index in [0.29, 0.717) is 0 Å². The van der Waals surface area contributed by atoms with Crippen molar-refractivity contribution >= 4 is 5.69 Å². The molecule has 23 heavy (non-hydrogen) atoms. The largest absolute Gasteiger partial charge is 0.321 e. The van der Waals surface area contributed by atoms with Crippen LogP contribution in [0, 0.1) is 0 Å². The third-order valence-corrected chi connectivity index (χ3v) is 4.50. The molecule has 3 heteroatoms. The van der Waals surface area contributed by atoms with Gasteiger partial charge >= 0.3 is 0 Å². The van der Waals surface area contributed by atoms with E-state index in [2.05, 4.69) is 52.1 Å². The minimum atomic E-state index is 0.832. The van der Waals surface area contributed by atoms with Crippen molar-refractivity contribution in [3.8, 4) is 0 Å². The Morgan fingerprint density at radius 3 is 2.13 bits per heavy atom. The molecule has 2 aromatic carbocycles. The van der Waals surface area contributed by atoms with Crippen molar-refractivity contribution in [2.45, 2.75) is 38.8 Å². The zero-order chi connectivity index (χ0) is 15.7. The van der Waals surface area contributed by atoms with E-state index in [-0.39, 0.29) is 0 Å². The molecule has 2 aromatic rings. The molecule has 3 nitrogen and oxygen atoms in total. The molecule has 0 bridgehead atoms. The first-order chi connectivity index (χ1) is 11.4. The van der Waals surface area contributed by atoms with E-state index in [4.69, 9.17) is 0 Å². The predicted molar refractivity (Wildman–Crippen MR) is 97.1 cm³/mol. The molecule has 1 aliphatic heterocycles. The zero-order valence-electron chi connectivity index (χ0n) is 13.8. The number of likely N-dealkylation sites (tertiary alicyclic amines) is 1. The van der Waals surface area contributed by atoms with Crippen LogP contribution in [-0.2, 0) is 13.1 Å². The summed E-state index contributed by atoms with van der Waals surface area (Å²) >= 11 is 0. The quantitative estimate of drug-likeness (QED) is 0.784. The SMILES string of the molecule is c1ccc(NNCc2ccccc2CN2CCCCCC2)cc1. The van der Waals surface area contributed by atoms with Crippen LogP contribution in [0.3, 0.4) is 0 Å². The molecule has 1 saturated heterocycles. The van der Waals surface area contributed by atoms with Gasteiger partial charge in [0, 0.05) is 18.8 Å². The third-order valence-electron chi connectivity index (χ3n) is 4.50. The summed E-state index contributed by atoms with van der Waals surface area (Å²) in [7, 11) is 0. The lowest BCUT2D eigenvalue weighted by atomic mass is 10.1. The number of hydrazine groups is 1. The van der Waals surface area contributed by atoms with Crippen LogP contribution in [0.15, 0.2) is 54.6 Å². The lowest BCUT2D eigenvalue weighted by Gasteiger charge is -2.21. The summed E-state index contributed by atoms with van der Waals surface area (Å²) in [6.45, 7) is 4.39. The molecule has 2 N–H and O–H groups in total. The number of hydrogen-bond donors (Lipinski definition) is 2. The van der Waals surface area contributed by atoms with Gasteiger partial charge in [-0.3, -0.25) is 4.90 Å².